The molecule has 2 heterocycles. The Labute approximate surface area is 143 Å². The molecule has 1 aliphatic heterocycles. The van der Waals surface area contributed by atoms with Crippen molar-refractivity contribution in [2.75, 3.05) is 19.7 Å². The normalized spacial score (nSPS) is 19.1. The maximum atomic E-state index is 12.9. The number of nitriles is 1. The zero-order valence-electron chi connectivity index (χ0n) is 12.6. The van der Waals surface area contributed by atoms with Gasteiger partial charge in [-0.3, -0.25) is 0 Å². The van der Waals surface area contributed by atoms with E-state index in [2.05, 4.69) is 10.2 Å². The van der Waals surface area contributed by atoms with Gasteiger partial charge in [0.25, 0.3) is 0 Å². The largest absolute Gasteiger partial charge is 0.423 e. The van der Waals surface area contributed by atoms with Gasteiger partial charge in [-0.05, 0) is 18.2 Å². The van der Waals surface area contributed by atoms with Crippen LogP contribution >= 0.6 is 11.6 Å². The third-order valence-corrected chi connectivity index (χ3v) is 5.68. The number of ether oxygens (including phenoxy) is 1. The van der Waals surface area contributed by atoms with E-state index in [4.69, 9.17) is 20.8 Å². The molecule has 1 aromatic heterocycles. The second-order valence-corrected chi connectivity index (χ2v) is 7.48. The SMILES string of the molecule is Cc1nnc([C@@H]2CN(S(=O)(=O)c3ccc(Cl)cc3C#N)CCO2)o1. The lowest BCUT2D eigenvalue weighted by Gasteiger charge is -2.30. The molecular formula is C14H13ClN4O4S. The Kier molecular flexibility index (Phi) is 4.56. The zero-order chi connectivity index (χ0) is 17.3. The van der Waals surface area contributed by atoms with Gasteiger partial charge in [0.15, 0.2) is 0 Å². The molecule has 10 heteroatoms. The van der Waals surface area contributed by atoms with E-state index in [9.17, 15) is 13.7 Å². The summed E-state index contributed by atoms with van der Waals surface area (Å²) in [5.41, 5.74) is -0.000762. The van der Waals surface area contributed by atoms with Crippen molar-refractivity contribution in [3.63, 3.8) is 0 Å². The number of hydrogen-bond donors (Lipinski definition) is 0. The van der Waals surface area contributed by atoms with Crippen LogP contribution < -0.4 is 0 Å². The molecule has 0 spiro atoms. The Morgan fingerprint density at radius 3 is 2.88 bits per heavy atom. The van der Waals surface area contributed by atoms with E-state index in [1.807, 2.05) is 6.07 Å². The topological polar surface area (TPSA) is 109 Å². The summed E-state index contributed by atoms with van der Waals surface area (Å²) in [4.78, 5) is -0.0863. The van der Waals surface area contributed by atoms with Crippen LogP contribution in [-0.4, -0.2) is 42.6 Å². The number of aromatic nitrogens is 2. The third-order valence-electron chi connectivity index (χ3n) is 3.53. The van der Waals surface area contributed by atoms with Gasteiger partial charge in [-0.15, -0.1) is 10.2 Å². The molecule has 24 heavy (non-hydrogen) atoms. The molecule has 8 nitrogen and oxygen atoms in total. The highest BCUT2D eigenvalue weighted by molar-refractivity contribution is 7.89. The molecule has 0 N–H and O–H groups in total. The van der Waals surface area contributed by atoms with Crippen molar-refractivity contribution in [3.05, 3.63) is 40.6 Å². The van der Waals surface area contributed by atoms with Gasteiger partial charge in [-0.1, -0.05) is 11.6 Å². The predicted octanol–water partition coefficient (Wildman–Crippen LogP) is 1.67. The summed E-state index contributed by atoms with van der Waals surface area (Å²) in [6, 6.07) is 5.96. The highest BCUT2D eigenvalue weighted by Crippen LogP contribution is 2.28. The molecule has 2 aromatic rings. The summed E-state index contributed by atoms with van der Waals surface area (Å²) in [7, 11) is -3.87. The number of nitrogens with zero attached hydrogens (tertiary/aromatic N) is 4. The highest BCUT2D eigenvalue weighted by Gasteiger charge is 2.35. The Balaban J connectivity index is 1.91. The molecule has 0 radical (unpaired) electrons. The Morgan fingerprint density at radius 2 is 2.21 bits per heavy atom. The monoisotopic (exact) mass is 368 g/mol. The average molecular weight is 369 g/mol. The van der Waals surface area contributed by atoms with E-state index in [1.165, 1.54) is 22.5 Å². The lowest BCUT2D eigenvalue weighted by Crippen LogP contribution is -2.42. The van der Waals surface area contributed by atoms with Gasteiger partial charge in [0.05, 0.1) is 12.2 Å². The van der Waals surface area contributed by atoms with Crippen LogP contribution in [0.2, 0.25) is 5.02 Å². The molecule has 1 atom stereocenters. The van der Waals surface area contributed by atoms with E-state index in [0.29, 0.717) is 10.9 Å². The lowest BCUT2D eigenvalue weighted by molar-refractivity contribution is -0.0176. The van der Waals surface area contributed by atoms with Gasteiger partial charge >= 0.3 is 0 Å². The molecule has 1 fully saturated rings. The minimum Gasteiger partial charge on any atom is -0.423 e. The van der Waals surface area contributed by atoms with E-state index >= 15 is 0 Å². The second kappa shape index (κ2) is 6.49. The number of benzene rings is 1. The number of morpholine rings is 1. The molecular weight excluding hydrogens is 356 g/mol. The van der Waals surface area contributed by atoms with E-state index in [0.717, 1.165) is 0 Å². The van der Waals surface area contributed by atoms with Crippen molar-refractivity contribution in [2.24, 2.45) is 0 Å². The van der Waals surface area contributed by atoms with E-state index in [1.54, 1.807) is 6.92 Å². The van der Waals surface area contributed by atoms with Gasteiger partial charge in [0.1, 0.15) is 17.1 Å². The van der Waals surface area contributed by atoms with Crippen molar-refractivity contribution in [2.45, 2.75) is 17.9 Å². The van der Waals surface area contributed by atoms with Crippen LogP contribution in [-0.2, 0) is 14.8 Å². The maximum Gasteiger partial charge on any atom is 0.246 e. The lowest BCUT2D eigenvalue weighted by atomic mass is 10.2. The van der Waals surface area contributed by atoms with Crippen molar-refractivity contribution >= 4 is 21.6 Å². The molecule has 0 unspecified atom stereocenters. The summed E-state index contributed by atoms with van der Waals surface area (Å²) in [6.07, 6.45) is -0.646. The fraction of sp³-hybridized carbons (Fsp3) is 0.357. The first-order valence-electron chi connectivity index (χ1n) is 7.03. The molecule has 0 amide bonds. The number of rotatable bonds is 3. The summed E-state index contributed by atoms with van der Waals surface area (Å²) >= 11 is 5.83. The van der Waals surface area contributed by atoms with Crippen LogP contribution in [0.5, 0.6) is 0 Å². The molecule has 3 rings (SSSR count). The number of sulfonamides is 1. The van der Waals surface area contributed by atoms with Crippen LogP contribution in [0, 0.1) is 18.3 Å². The molecule has 0 saturated carbocycles. The third kappa shape index (κ3) is 3.14. The summed E-state index contributed by atoms with van der Waals surface area (Å²) in [5, 5.41) is 17.1. The first-order valence-corrected chi connectivity index (χ1v) is 8.85. The van der Waals surface area contributed by atoms with Crippen LogP contribution in [0.15, 0.2) is 27.5 Å². The van der Waals surface area contributed by atoms with Crippen molar-refractivity contribution in [3.8, 4) is 6.07 Å². The number of aryl methyl sites for hydroxylation is 1. The molecule has 1 saturated heterocycles. The molecule has 1 aliphatic rings. The molecule has 1 aromatic carbocycles. The minimum absolute atomic E-state index is 0.000762. The van der Waals surface area contributed by atoms with Gasteiger partial charge in [0.2, 0.25) is 21.8 Å². The van der Waals surface area contributed by atoms with Crippen LogP contribution in [0.4, 0.5) is 0 Å². The fourth-order valence-corrected chi connectivity index (χ4v) is 4.11. The van der Waals surface area contributed by atoms with Gasteiger partial charge in [-0.2, -0.15) is 9.57 Å². The molecule has 126 valence electrons. The standard InChI is InChI=1S/C14H13ClN4O4S/c1-9-17-18-14(23-9)12-8-19(4-5-22-12)24(20,21)13-3-2-11(15)6-10(13)7-16/h2-3,6,12H,4-5,8H2,1H3/t12-/m0/s1. The van der Waals surface area contributed by atoms with Crippen LogP contribution in [0.3, 0.4) is 0 Å². The average Bonchev–Trinajstić information content (AvgIpc) is 3.01. The first kappa shape index (κ1) is 16.9. The zero-order valence-corrected chi connectivity index (χ0v) is 14.2. The summed E-state index contributed by atoms with van der Waals surface area (Å²) in [5.74, 6) is 0.599. The van der Waals surface area contributed by atoms with E-state index < -0.39 is 16.1 Å². The van der Waals surface area contributed by atoms with Gasteiger partial charge in [0, 0.05) is 25.0 Å². The summed E-state index contributed by atoms with van der Waals surface area (Å²) in [6.45, 7) is 2.01. The highest BCUT2D eigenvalue weighted by atomic mass is 35.5. The second-order valence-electron chi connectivity index (χ2n) is 5.13. The number of halogens is 1. The first-order chi connectivity index (χ1) is 11.4. The van der Waals surface area contributed by atoms with Crippen LogP contribution in [0.1, 0.15) is 23.4 Å². The van der Waals surface area contributed by atoms with Gasteiger partial charge in [-0.25, -0.2) is 8.42 Å². The van der Waals surface area contributed by atoms with Gasteiger partial charge < -0.3 is 9.15 Å². The van der Waals surface area contributed by atoms with E-state index in [-0.39, 0.29) is 36.0 Å². The molecule has 0 aliphatic carbocycles. The Bertz CT molecular complexity index is 906. The Morgan fingerprint density at radius 1 is 1.42 bits per heavy atom. The minimum atomic E-state index is -3.87. The quantitative estimate of drug-likeness (QED) is 0.810. The maximum absolute atomic E-state index is 12.9. The van der Waals surface area contributed by atoms with Crippen LogP contribution in [0.25, 0.3) is 0 Å². The smallest absolute Gasteiger partial charge is 0.246 e. The van der Waals surface area contributed by atoms with Crippen molar-refractivity contribution in [1.82, 2.24) is 14.5 Å². The Hall–Kier alpha value is -1.99. The number of hydrogen-bond acceptors (Lipinski definition) is 7. The molecule has 0 bridgehead atoms. The fourth-order valence-electron chi connectivity index (χ4n) is 2.39. The van der Waals surface area contributed by atoms with Crippen molar-refractivity contribution in [1.29, 1.82) is 5.26 Å². The van der Waals surface area contributed by atoms with Crippen molar-refractivity contribution < 1.29 is 17.6 Å². The predicted molar refractivity (Wildman–Crippen MR) is 82.7 cm³/mol. The summed E-state index contributed by atoms with van der Waals surface area (Å²) < 4.78 is 37.8.